The number of nitrogens with one attached hydrogen (secondary N) is 2. The third-order valence-corrected chi connectivity index (χ3v) is 4.34. The Labute approximate surface area is 140 Å². The summed E-state index contributed by atoms with van der Waals surface area (Å²) in [7, 11) is 3.51. The molecule has 0 unspecified atom stereocenters. The fraction of sp³-hybridized carbons (Fsp3) is 0.882. The molecule has 1 rings (SSSR count). The van der Waals surface area contributed by atoms with Gasteiger partial charge in [-0.05, 0) is 38.5 Å². The Hall–Kier alpha value is -1.30. The largest absolute Gasteiger partial charge is 0.463 e. The smallest absolute Gasteiger partial charge is 0.307 e. The van der Waals surface area contributed by atoms with Crippen LogP contribution in [-0.4, -0.2) is 51.9 Å². The summed E-state index contributed by atoms with van der Waals surface area (Å²) in [6, 6.07) is 0. The van der Waals surface area contributed by atoms with E-state index < -0.39 is 0 Å². The Morgan fingerprint density at radius 1 is 1.26 bits per heavy atom. The van der Waals surface area contributed by atoms with Gasteiger partial charge in [-0.15, -0.1) is 0 Å². The molecule has 6 nitrogen and oxygen atoms in total. The lowest BCUT2D eigenvalue weighted by atomic mass is 9.83. The average molecular weight is 327 g/mol. The van der Waals surface area contributed by atoms with Crippen molar-refractivity contribution in [3.63, 3.8) is 0 Å². The molecule has 0 atom stereocenters. The van der Waals surface area contributed by atoms with Crippen molar-refractivity contribution in [3.05, 3.63) is 0 Å². The third-order valence-electron chi connectivity index (χ3n) is 4.34. The molecule has 6 heteroatoms. The Morgan fingerprint density at radius 2 is 1.96 bits per heavy atom. The van der Waals surface area contributed by atoms with E-state index in [1.165, 1.54) is 25.7 Å². The maximum Gasteiger partial charge on any atom is 0.307 e. The van der Waals surface area contributed by atoms with Gasteiger partial charge in [0.25, 0.3) is 0 Å². The lowest BCUT2D eigenvalue weighted by Gasteiger charge is -2.29. The maximum atomic E-state index is 11.5. The molecule has 0 radical (unpaired) electrons. The molecule has 23 heavy (non-hydrogen) atoms. The van der Waals surface area contributed by atoms with Crippen LogP contribution in [0.2, 0.25) is 0 Å². The van der Waals surface area contributed by atoms with Crippen LogP contribution in [0, 0.1) is 5.41 Å². The van der Waals surface area contributed by atoms with E-state index in [9.17, 15) is 4.79 Å². The van der Waals surface area contributed by atoms with Gasteiger partial charge in [-0.2, -0.15) is 0 Å². The van der Waals surface area contributed by atoms with Gasteiger partial charge in [0.2, 0.25) is 0 Å². The molecule has 0 aromatic carbocycles. The van der Waals surface area contributed by atoms with Crippen LogP contribution in [0.15, 0.2) is 4.99 Å². The Balaban J connectivity index is 2.33. The number of esters is 1. The molecule has 2 N–H and O–H groups in total. The van der Waals surface area contributed by atoms with Crippen LogP contribution >= 0.6 is 0 Å². The van der Waals surface area contributed by atoms with Crippen molar-refractivity contribution in [2.45, 2.75) is 58.5 Å². The van der Waals surface area contributed by atoms with E-state index in [1.54, 1.807) is 14.2 Å². The lowest BCUT2D eigenvalue weighted by molar-refractivity contribution is -0.147. The molecule has 1 aliphatic carbocycles. The number of carbonyl (C=O) groups is 1. The van der Waals surface area contributed by atoms with E-state index in [1.807, 2.05) is 13.8 Å². The summed E-state index contributed by atoms with van der Waals surface area (Å²) < 4.78 is 10.4. The Kier molecular flexibility index (Phi) is 8.99. The van der Waals surface area contributed by atoms with Gasteiger partial charge in [-0.1, -0.05) is 12.8 Å². The Morgan fingerprint density at radius 3 is 2.52 bits per heavy atom. The summed E-state index contributed by atoms with van der Waals surface area (Å²) in [4.78, 5) is 15.8. The highest BCUT2D eigenvalue weighted by Crippen LogP contribution is 2.40. The summed E-state index contributed by atoms with van der Waals surface area (Å²) in [5.74, 6) is 0.557. The van der Waals surface area contributed by atoms with Gasteiger partial charge >= 0.3 is 5.97 Å². The zero-order chi connectivity index (χ0) is 17.1. The average Bonchev–Trinajstić information content (AvgIpc) is 2.97. The second-order valence-corrected chi connectivity index (χ2v) is 6.59. The molecule has 134 valence electrons. The van der Waals surface area contributed by atoms with E-state index in [0.29, 0.717) is 18.4 Å². The molecule has 0 aromatic heterocycles. The van der Waals surface area contributed by atoms with E-state index >= 15 is 0 Å². The Bertz CT molecular complexity index is 377. The first-order chi connectivity index (χ1) is 11.0. The number of hydrogen-bond acceptors (Lipinski definition) is 4. The first-order valence-electron chi connectivity index (χ1n) is 8.64. The minimum absolute atomic E-state index is 0.0667. The van der Waals surface area contributed by atoms with Crippen molar-refractivity contribution < 1.29 is 14.3 Å². The maximum absolute atomic E-state index is 11.5. The molecule has 0 aliphatic heterocycles. The first kappa shape index (κ1) is 19.7. The number of aliphatic imine (C=N–C) groups is 1. The van der Waals surface area contributed by atoms with Crippen LogP contribution in [0.25, 0.3) is 0 Å². The number of hydrogen-bond donors (Lipinski definition) is 2. The summed E-state index contributed by atoms with van der Waals surface area (Å²) in [5, 5.41) is 6.58. The predicted octanol–water partition coefficient (Wildman–Crippen LogP) is 2.09. The number of methoxy groups -OCH3 is 1. The molecule has 0 heterocycles. The van der Waals surface area contributed by atoms with Crippen LogP contribution in [0.5, 0.6) is 0 Å². The normalized spacial score (nSPS) is 17.3. The van der Waals surface area contributed by atoms with Crippen molar-refractivity contribution in [2.24, 2.45) is 10.4 Å². The SMILES string of the molecule is CN=C(NCCC(=O)OC(C)C)NCC1(CCOC)CCCC1. The molecule has 0 spiro atoms. The number of nitrogens with zero attached hydrogens (tertiary/aromatic N) is 1. The second-order valence-electron chi connectivity index (χ2n) is 6.59. The fourth-order valence-electron chi connectivity index (χ4n) is 3.06. The number of guanidine groups is 1. The van der Waals surface area contributed by atoms with Gasteiger partial charge in [-0.25, -0.2) is 0 Å². The summed E-state index contributed by atoms with van der Waals surface area (Å²) in [6.45, 7) is 5.93. The minimum Gasteiger partial charge on any atom is -0.463 e. The first-order valence-corrected chi connectivity index (χ1v) is 8.64. The van der Waals surface area contributed by atoms with Crippen molar-refractivity contribution in [2.75, 3.05) is 33.9 Å². The lowest BCUT2D eigenvalue weighted by Crippen LogP contribution is -2.44. The van der Waals surface area contributed by atoms with Crippen molar-refractivity contribution in [1.29, 1.82) is 0 Å². The molecule has 0 saturated heterocycles. The standard InChI is InChI=1S/C17H33N3O3/c1-14(2)23-15(21)7-11-19-16(18-3)20-13-17(10-12-22-4)8-5-6-9-17/h14H,5-13H2,1-4H3,(H2,18,19,20). The van der Waals surface area contributed by atoms with E-state index in [-0.39, 0.29) is 12.1 Å². The molecule has 0 amide bonds. The van der Waals surface area contributed by atoms with Gasteiger partial charge in [0.05, 0.1) is 12.5 Å². The second kappa shape index (κ2) is 10.5. The van der Waals surface area contributed by atoms with E-state index in [0.717, 1.165) is 25.5 Å². The molecular weight excluding hydrogens is 294 g/mol. The van der Waals surface area contributed by atoms with Gasteiger partial charge < -0.3 is 20.1 Å². The third kappa shape index (κ3) is 7.68. The van der Waals surface area contributed by atoms with Crippen LogP contribution in [0.3, 0.4) is 0 Å². The number of carbonyl (C=O) groups excluding carboxylic acids is 1. The van der Waals surface area contributed by atoms with Crippen molar-refractivity contribution in [1.82, 2.24) is 10.6 Å². The highest BCUT2D eigenvalue weighted by atomic mass is 16.5. The minimum atomic E-state index is -0.185. The molecule has 1 aliphatic rings. The summed E-state index contributed by atoms with van der Waals surface area (Å²) in [6.07, 6.45) is 6.41. The quantitative estimate of drug-likeness (QED) is 0.385. The van der Waals surface area contributed by atoms with Crippen molar-refractivity contribution >= 4 is 11.9 Å². The van der Waals surface area contributed by atoms with Crippen LogP contribution in [-0.2, 0) is 14.3 Å². The zero-order valence-electron chi connectivity index (χ0n) is 15.1. The monoisotopic (exact) mass is 327 g/mol. The molecule has 1 fully saturated rings. The molecule has 0 aromatic rings. The van der Waals surface area contributed by atoms with Crippen LogP contribution in [0.4, 0.5) is 0 Å². The zero-order valence-corrected chi connectivity index (χ0v) is 15.1. The highest BCUT2D eigenvalue weighted by molar-refractivity contribution is 5.80. The predicted molar refractivity (Wildman–Crippen MR) is 92.6 cm³/mol. The van der Waals surface area contributed by atoms with Gasteiger partial charge in [-0.3, -0.25) is 9.79 Å². The fourth-order valence-corrected chi connectivity index (χ4v) is 3.06. The molecule has 0 bridgehead atoms. The van der Waals surface area contributed by atoms with E-state index in [2.05, 4.69) is 15.6 Å². The topological polar surface area (TPSA) is 72.0 Å². The molecule has 1 saturated carbocycles. The van der Waals surface area contributed by atoms with Gasteiger partial charge in [0.1, 0.15) is 0 Å². The number of rotatable bonds is 9. The van der Waals surface area contributed by atoms with Crippen LogP contribution < -0.4 is 10.6 Å². The van der Waals surface area contributed by atoms with Crippen molar-refractivity contribution in [3.8, 4) is 0 Å². The summed E-state index contributed by atoms with van der Waals surface area (Å²) in [5.41, 5.74) is 0.310. The molecular formula is C17H33N3O3. The van der Waals surface area contributed by atoms with Gasteiger partial charge in [0, 0.05) is 33.9 Å². The summed E-state index contributed by atoms with van der Waals surface area (Å²) >= 11 is 0. The number of ether oxygens (including phenoxy) is 2. The van der Waals surface area contributed by atoms with Gasteiger partial charge in [0.15, 0.2) is 5.96 Å². The van der Waals surface area contributed by atoms with E-state index in [4.69, 9.17) is 9.47 Å². The van der Waals surface area contributed by atoms with Crippen LogP contribution in [0.1, 0.15) is 52.4 Å². The highest BCUT2D eigenvalue weighted by Gasteiger charge is 2.33.